The lowest BCUT2D eigenvalue weighted by Gasteiger charge is -2.56. The van der Waals surface area contributed by atoms with Crippen molar-refractivity contribution in [3.05, 3.63) is 69.4 Å². The van der Waals surface area contributed by atoms with Crippen LogP contribution < -0.4 is 14.2 Å². The van der Waals surface area contributed by atoms with Crippen molar-refractivity contribution in [2.75, 3.05) is 19.7 Å². The van der Waals surface area contributed by atoms with E-state index in [2.05, 4.69) is 6.08 Å². The Labute approximate surface area is 364 Å². The average molecular weight is 858 g/mol. The van der Waals surface area contributed by atoms with Gasteiger partial charge in [0, 0.05) is 48.1 Å². The monoisotopic (exact) mass is 857 g/mol. The van der Waals surface area contributed by atoms with E-state index in [0.717, 1.165) is 31.3 Å². The van der Waals surface area contributed by atoms with Gasteiger partial charge in [-0.3, -0.25) is 14.4 Å². The molecule has 4 fully saturated rings. The molecule has 1 saturated carbocycles. The smallest absolute Gasteiger partial charge is 0.249 e. The minimum atomic E-state index is -1.78. The van der Waals surface area contributed by atoms with Crippen molar-refractivity contribution < 1.29 is 58.5 Å². The van der Waals surface area contributed by atoms with Crippen molar-refractivity contribution in [2.24, 2.45) is 11.8 Å². The summed E-state index contributed by atoms with van der Waals surface area (Å²) in [4.78, 5) is 46.3. The molecular formula is C49H63NO12. The number of amides is 1. The number of allylic oxidation sites excluding steroid dienone is 5. The molecule has 1 aromatic rings. The number of carbonyl (C=O) groups excluding carboxylic acids is 3. The highest BCUT2D eigenvalue weighted by Gasteiger charge is 2.81. The molecule has 9 rings (SSSR count). The third-order valence-corrected chi connectivity index (χ3v) is 14.2. The molecule has 1 spiro atoms. The van der Waals surface area contributed by atoms with Gasteiger partial charge in [0.25, 0.3) is 0 Å². The topological polar surface area (TPSA) is 182 Å². The van der Waals surface area contributed by atoms with E-state index in [1.807, 2.05) is 71.6 Å². The normalized spacial score (nSPS) is 35.2. The van der Waals surface area contributed by atoms with E-state index >= 15 is 4.79 Å². The number of rotatable bonds is 11. The molecule has 0 radical (unpaired) electrons. The Hall–Kier alpha value is -4.11. The predicted octanol–water partition coefficient (Wildman–Crippen LogP) is 5.64. The zero-order chi connectivity index (χ0) is 44.7. The molecule has 5 aliphatic heterocycles. The van der Waals surface area contributed by atoms with Crippen molar-refractivity contribution in [1.29, 1.82) is 0 Å². The van der Waals surface area contributed by atoms with Gasteiger partial charge in [-0.25, -0.2) is 0 Å². The van der Waals surface area contributed by atoms with E-state index in [1.165, 1.54) is 5.57 Å². The number of piperidine rings is 1. The quantitative estimate of drug-likeness (QED) is 0.159. The van der Waals surface area contributed by atoms with E-state index in [9.17, 15) is 30.0 Å². The van der Waals surface area contributed by atoms with Crippen LogP contribution in [0, 0.1) is 11.8 Å². The first-order chi connectivity index (χ1) is 29.3. The Morgan fingerprint density at radius 2 is 1.63 bits per heavy atom. The summed E-state index contributed by atoms with van der Waals surface area (Å²) in [5, 5.41) is 42.8. The van der Waals surface area contributed by atoms with Gasteiger partial charge < -0.3 is 49.0 Å². The fourth-order valence-corrected chi connectivity index (χ4v) is 10.9. The summed E-state index contributed by atoms with van der Waals surface area (Å²) >= 11 is 0. The van der Waals surface area contributed by atoms with Gasteiger partial charge in [0.05, 0.1) is 17.8 Å². The number of benzene rings is 1. The average Bonchev–Trinajstić information content (AvgIpc) is 3.39. The summed E-state index contributed by atoms with van der Waals surface area (Å²) in [5.74, 6) is -1.41. The van der Waals surface area contributed by atoms with Crippen molar-refractivity contribution in [3.8, 4) is 17.2 Å². The van der Waals surface area contributed by atoms with Gasteiger partial charge in [0.2, 0.25) is 12.2 Å². The second-order valence-corrected chi connectivity index (χ2v) is 19.6. The zero-order valence-electron chi connectivity index (χ0n) is 37.3. The fourth-order valence-electron chi connectivity index (χ4n) is 10.9. The molecule has 8 aliphatic rings. The molecule has 62 heavy (non-hydrogen) atoms. The van der Waals surface area contributed by atoms with Gasteiger partial charge in [-0.2, -0.15) is 0 Å². The molecular weight excluding hydrogens is 795 g/mol. The number of fused-ring (bicyclic) bond motifs is 2. The molecule has 13 nitrogen and oxygen atoms in total. The molecule has 336 valence electrons. The maximum atomic E-state index is 15.8. The summed E-state index contributed by atoms with van der Waals surface area (Å²) in [6.07, 6.45) is 8.24. The van der Waals surface area contributed by atoms with Gasteiger partial charge in [0.1, 0.15) is 52.8 Å². The van der Waals surface area contributed by atoms with Crippen molar-refractivity contribution in [3.63, 3.8) is 0 Å². The van der Waals surface area contributed by atoms with E-state index in [0.29, 0.717) is 48.4 Å². The van der Waals surface area contributed by atoms with Gasteiger partial charge >= 0.3 is 0 Å². The fraction of sp³-hybridized carbons (Fsp3) is 0.612. The van der Waals surface area contributed by atoms with Crippen LogP contribution in [0.25, 0.3) is 6.08 Å². The lowest BCUT2D eigenvalue weighted by Crippen LogP contribution is -2.72. The van der Waals surface area contributed by atoms with Gasteiger partial charge in [-0.15, -0.1) is 0 Å². The number of carbonyl (C=O) groups is 3. The first-order valence-electron chi connectivity index (χ1n) is 22.3. The number of aliphatic hydroxyl groups excluding tert-OH is 4. The van der Waals surface area contributed by atoms with E-state index in [1.54, 1.807) is 19.1 Å². The van der Waals surface area contributed by atoms with Crippen molar-refractivity contribution in [2.45, 2.75) is 160 Å². The number of hydrogen-bond donors (Lipinski definition) is 4. The van der Waals surface area contributed by atoms with Crippen LogP contribution in [-0.4, -0.2) is 116 Å². The number of nitrogens with zero attached hydrogens (tertiary/aromatic N) is 1. The standard InChI is InChI=1S/C49H63NO12/c1-26(2)13-12-18-47(8)19-17-31-40(60-47)30(15-14-27(3)4)42-35(41(31)59-45-39(55)38(54)37(53)33(25-51)58-45)36(52)32-23-29-24-34-46(6,7)62-48(43(29)56,49(32,34)61-42)20-16-28(5)44(57)50-21-10-9-11-22-50/h13-14,16-17,19,23,29,33-34,37-39,45,51,53-55H,9-12,15,18,20-22,24-25H2,1-8H3/b28-16-/t29?,33-,34?,37-,38+,39-,45+,47?,48?,49?/m1/s1. The second-order valence-electron chi connectivity index (χ2n) is 19.6. The highest BCUT2D eigenvalue weighted by Crippen LogP contribution is 2.69. The van der Waals surface area contributed by atoms with Gasteiger partial charge in [-0.05, 0) is 112 Å². The minimum Gasteiger partial charge on any atom is -0.482 e. The zero-order valence-corrected chi connectivity index (χ0v) is 37.3. The summed E-state index contributed by atoms with van der Waals surface area (Å²) < 4.78 is 34.0. The maximum absolute atomic E-state index is 15.8. The van der Waals surface area contributed by atoms with Crippen LogP contribution in [0.5, 0.6) is 17.2 Å². The third-order valence-electron chi connectivity index (χ3n) is 14.2. The number of likely N-dealkylation sites (tertiary alicyclic amines) is 1. The minimum absolute atomic E-state index is 0.00221. The van der Waals surface area contributed by atoms with E-state index < -0.39 is 77.3 Å². The Morgan fingerprint density at radius 3 is 2.31 bits per heavy atom. The highest BCUT2D eigenvalue weighted by atomic mass is 16.7. The van der Waals surface area contributed by atoms with Gasteiger partial charge in [-0.1, -0.05) is 35.5 Å². The summed E-state index contributed by atoms with van der Waals surface area (Å²) in [5.41, 5.74) is -1.16. The molecule has 5 heterocycles. The van der Waals surface area contributed by atoms with E-state index in [-0.39, 0.29) is 47.2 Å². The van der Waals surface area contributed by atoms with Crippen LogP contribution in [-0.2, 0) is 25.5 Å². The van der Waals surface area contributed by atoms with Crippen LogP contribution in [0.1, 0.15) is 122 Å². The third kappa shape index (κ3) is 7.02. The lowest BCUT2D eigenvalue weighted by atomic mass is 9.51. The molecule has 4 N–H and O–H groups in total. The molecule has 1 aromatic carbocycles. The van der Waals surface area contributed by atoms with E-state index in [4.69, 9.17) is 23.7 Å². The van der Waals surface area contributed by atoms with Gasteiger partial charge in [0.15, 0.2) is 22.8 Å². The summed E-state index contributed by atoms with van der Waals surface area (Å²) in [6, 6.07) is 0. The van der Waals surface area contributed by atoms with Crippen LogP contribution in [0.4, 0.5) is 0 Å². The molecule has 0 aromatic heterocycles. The van der Waals surface area contributed by atoms with Crippen LogP contribution in [0.15, 0.2) is 52.7 Å². The number of aliphatic hydroxyl groups is 4. The Morgan fingerprint density at radius 1 is 0.919 bits per heavy atom. The molecule has 5 unspecified atom stereocenters. The molecule has 3 aliphatic carbocycles. The summed E-state index contributed by atoms with van der Waals surface area (Å²) in [6.45, 7) is 16.3. The van der Waals surface area contributed by atoms with Crippen molar-refractivity contribution >= 4 is 23.5 Å². The molecule has 1 amide bonds. The molecule has 13 heteroatoms. The number of ketones is 2. The largest absolute Gasteiger partial charge is 0.482 e. The predicted molar refractivity (Wildman–Crippen MR) is 230 cm³/mol. The van der Waals surface area contributed by atoms with Crippen LogP contribution >= 0.6 is 0 Å². The summed E-state index contributed by atoms with van der Waals surface area (Å²) in [7, 11) is 0. The highest BCUT2D eigenvalue weighted by molar-refractivity contribution is 6.19. The number of Topliss-reactive ketones (excluding diaryl/α,β-unsaturated/α-hetero) is 2. The first-order valence-corrected chi connectivity index (χ1v) is 22.3. The van der Waals surface area contributed by atoms with Crippen molar-refractivity contribution in [1.82, 2.24) is 4.90 Å². The Balaban J connectivity index is 1.34. The number of ether oxygens (including phenoxy) is 5. The number of hydrogen-bond acceptors (Lipinski definition) is 12. The SMILES string of the molecule is CC(C)=CCCC1(C)C=Cc2c(c(CC=C(C)C)c3c(c2O[C@@H]2O[C@H](CO)[C@@H](O)[C@H](O)[C@H]2O)C(=O)C2=CC4CC5C(C)(C)OC(C/C=C(/C)C(=O)N6CCCCC6)(C4=O)C25O3)O1. The lowest BCUT2D eigenvalue weighted by molar-refractivity contribution is -0.277. The van der Waals surface area contributed by atoms with Crippen LogP contribution in [0.3, 0.4) is 0 Å². The molecule has 10 atom stereocenters. The Bertz CT molecular complexity index is 2180. The molecule has 4 bridgehead atoms. The maximum Gasteiger partial charge on any atom is 0.249 e. The molecule has 3 saturated heterocycles. The van der Waals surface area contributed by atoms with Crippen LogP contribution in [0.2, 0.25) is 0 Å². The second kappa shape index (κ2) is 16.2. The Kier molecular flexibility index (Phi) is 11.6. The first kappa shape index (κ1) is 44.5.